The molecular weight excluding hydrogens is 268 g/mol. The molecule has 5 nitrogen and oxygen atoms in total. The van der Waals surface area contributed by atoms with Gasteiger partial charge in [-0.2, -0.15) is 0 Å². The minimum Gasteiger partial charge on any atom is -0.491 e. The van der Waals surface area contributed by atoms with Crippen LogP contribution in [0.1, 0.15) is 20.8 Å². The van der Waals surface area contributed by atoms with Gasteiger partial charge in [0.25, 0.3) is 0 Å². The Kier molecular flexibility index (Phi) is 7.02. The van der Waals surface area contributed by atoms with E-state index < -0.39 is 6.04 Å². The molecule has 0 aliphatic carbocycles. The van der Waals surface area contributed by atoms with E-state index in [1.807, 2.05) is 57.1 Å². The first kappa shape index (κ1) is 17.3. The molecule has 1 atom stereocenters. The number of nitrogens with one attached hydrogen (secondary N) is 1. The molecule has 0 saturated carbocycles. The zero-order valence-corrected chi connectivity index (χ0v) is 13.6. The second-order valence-electron chi connectivity index (χ2n) is 5.33. The van der Waals surface area contributed by atoms with Crippen molar-refractivity contribution in [2.24, 2.45) is 0 Å². The van der Waals surface area contributed by atoms with E-state index in [0.717, 1.165) is 11.4 Å². The Labute approximate surface area is 127 Å². The van der Waals surface area contributed by atoms with Crippen LogP contribution in [0.15, 0.2) is 24.3 Å². The molecule has 118 valence electrons. The average Bonchev–Trinajstić information content (AvgIpc) is 2.43. The number of hydrogen-bond donors (Lipinski definition) is 1. The van der Waals surface area contributed by atoms with Crippen molar-refractivity contribution < 1.29 is 14.3 Å². The molecule has 0 spiro atoms. The Morgan fingerprint density at radius 2 is 2.05 bits per heavy atom. The van der Waals surface area contributed by atoms with Gasteiger partial charge in [-0.25, -0.2) is 0 Å². The molecule has 1 aromatic carbocycles. The number of carbonyl (C=O) groups is 1. The largest absolute Gasteiger partial charge is 0.491 e. The molecule has 0 fully saturated rings. The second-order valence-corrected chi connectivity index (χ2v) is 5.33. The van der Waals surface area contributed by atoms with Crippen LogP contribution in [0.25, 0.3) is 0 Å². The molecule has 5 heteroatoms. The summed E-state index contributed by atoms with van der Waals surface area (Å²) in [4.78, 5) is 13.9. The molecule has 0 heterocycles. The van der Waals surface area contributed by atoms with Gasteiger partial charge in [0, 0.05) is 31.9 Å². The van der Waals surface area contributed by atoms with Gasteiger partial charge in [0.15, 0.2) is 0 Å². The van der Waals surface area contributed by atoms with Crippen molar-refractivity contribution in [1.29, 1.82) is 0 Å². The number of anilines is 1. The van der Waals surface area contributed by atoms with Gasteiger partial charge in [-0.05, 0) is 19.1 Å². The number of rotatable bonds is 8. The lowest BCUT2D eigenvalue weighted by Gasteiger charge is -2.20. The first-order valence-corrected chi connectivity index (χ1v) is 7.27. The zero-order chi connectivity index (χ0) is 15.8. The highest BCUT2D eigenvalue weighted by Gasteiger charge is 2.21. The van der Waals surface area contributed by atoms with E-state index in [0.29, 0.717) is 6.61 Å². The summed E-state index contributed by atoms with van der Waals surface area (Å²) in [7, 11) is 3.95. The van der Waals surface area contributed by atoms with Crippen molar-refractivity contribution in [3.8, 4) is 5.75 Å². The van der Waals surface area contributed by atoms with Crippen molar-refractivity contribution in [2.45, 2.75) is 32.9 Å². The summed E-state index contributed by atoms with van der Waals surface area (Å²) < 4.78 is 10.8. The first-order chi connectivity index (χ1) is 9.93. The number of nitrogens with zero attached hydrogens (tertiary/aromatic N) is 1. The SMILES string of the molecule is CCOC(=O)C(COc1cccc(N(C)C)c1)NC(C)C. The maximum atomic E-state index is 11.9. The van der Waals surface area contributed by atoms with Crippen LogP contribution in [0.2, 0.25) is 0 Å². The lowest BCUT2D eigenvalue weighted by Crippen LogP contribution is -2.45. The van der Waals surface area contributed by atoms with Gasteiger partial charge in [-0.15, -0.1) is 0 Å². The smallest absolute Gasteiger partial charge is 0.326 e. The van der Waals surface area contributed by atoms with Crippen LogP contribution >= 0.6 is 0 Å². The lowest BCUT2D eigenvalue weighted by molar-refractivity contribution is -0.146. The van der Waals surface area contributed by atoms with E-state index in [-0.39, 0.29) is 18.6 Å². The van der Waals surface area contributed by atoms with Gasteiger partial charge in [-0.1, -0.05) is 19.9 Å². The first-order valence-electron chi connectivity index (χ1n) is 7.27. The highest BCUT2D eigenvalue weighted by molar-refractivity contribution is 5.76. The van der Waals surface area contributed by atoms with Crippen LogP contribution < -0.4 is 15.0 Å². The molecule has 1 rings (SSSR count). The summed E-state index contributed by atoms with van der Waals surface area (Å²) in [5.41, 5.74) is 1.05. The number of esters is 1. The molecule has 0 saturated heterocycles. The summed E-state index contributed by atoms with van der Waals surface area (Å²) in [5.74, 6) is 0.455. The summed E-state index contributed by atoms with van der Waals surface area (Å²) in [5, 5.41) is 3.16. The van der Waals surface area contributed by atoms with Gasteiger partial charge in [-0.3, -0.25) is 10.1 Å². The molecule has 1 aromatic rings. The van der Waals surface area contributed by atoms with Crippen LogP contribution in [-0.2, 0) is 9.53 Å². The topological polar surface area (TPSA) is 50.8 Å². The molecular formula is C16H26N2O3. The third-order valence-electron chi connectivity index (χ3n) is 2.86. The van der Waals surface area contributed by atoms with Gasteiger partial charge in [0.05, 0.1) is 6.61 Å². The van der Waals surface area contributed by atoms with Crippen LogP contribution in [0.3, 0.4) is 0 Å². The quantitative estimate of drug-likeness (QED) is 0.744. The van der Waals surface area contributed by atoms with Crippen LogP contribution in [-0.4, -0.2) is 45.4 Å². The van der Waals surface area contributed by atoms with Crippen molar-refractivity contribution in [1.82, 2.24) is 5.32 Å². The van der Waals surface area contributed by atoms with Crippen LogP contribution in [0, 0.1) is 0 Å². The summed E-state index contributed by atoms with van der Waals surface area (Å²) in [6.45, 7) is 6.38. The third kappa shape index (κ3) is 6.04. The van der Waals surface area contributed by atoms with E-state index >= 15 is 0 Å². The Morgan fingerprint density at radius 1 is 1.33 bits per heavy atom. The number of hydrogen-bond acceptors (Lipinski definition) is 5. The molecule has 0 bridgehead atoms. The molecule has 0 amide bonds. The minimum atomic E-state index is -0.465. The Bertz CT molecular complexity index is 447. The minimum absolute atomic E-state index is 0.177. The van der Waals surface area contributed by atoms with Gasteiger partial charge in [0.2, 0.25) is 0 Å². The van der Waals surface area contributed by atoms with Crippen molar-refractivity contribution in [3.05, 3.63) is 24.3 Å². The Hall–Kier alpha value is -1.75. The maximum absolute atomic E-state index is 11.9. The summed E-state index contributed by atoms with van der Waals surface area (Å²) in [6, 6.07) is 7.47. The molecule has 0 aliphatic heterocycles. The van der Waals surface area contributed by atoms with Gasteiger partial charge >= 0.3 is 5.97 Å². The van der Waals surface area contributed by atoms with Crippen molar-refractivity contribution >= 4 is 11.7 Å². The highest BCUT2D eigenvalue weighted by Crippen LogP contribution is 2.19. The fourth-order valence-corrected chi connectivity index (χ4v) is 1.86. The molecule has 0 aliphatic rings. The monoisotopic (exact) mass is 294 g/mol. The highest BCUT2D eigenvalue weighted by atomic mass is 16.5. The van der Waals surface area contributed by atoms with E-state index in [1.165, 1.54) is 0 Å². The zero-order valence-electron chi connectivity index (χ0n) is 13.6. The van der Waals surface area contributed by atoms with Crippen molar-refractivity contribution in [2.75, 3.05) is 32.2 Å². The van der Waals surface area contributed by atoms with E-state index in [2.05, 4.69) is 5.32 Å². The Morgan fingerprint density at radius 3 is 2.62 bits per heavy atom. The molecule has 21 heavy (non-hydrogen) atoms. The molecule has 0 radical (unpaired) electrons. The number of ether oxygens (including phenoxy) is 2. The molecule has 1 N–H and O–H groups in total. The summed E-state index contributed by atoms with van der Waals surface area (Å²) >= 11 is 0. The average molecular weight is 294 g/mol. The predicted molar refractivity (Wildman–Crippen MR) is 85.0 cm³/mol. The normalized spacial score (nSPS) is 12.1. The fourth-order valence-electron chi connectivity index (χ4n) is 1.86. The van der Waals surface area contributed by atoms with E-state index in [4.69, 9.17) is 9.47 Å². The standard InChI is InChI=1S/C16H26N2O3/c1-6-20-16(19)15(17-12(2)3)11-21-14-9-7-8-13(10-14)18(4)5/h7-10,12,15,17H,6,11H2,1-5H3. The maximum Gasteiger partial charge on any atom is 0.326 e. The molecule has 1 unspecified atom stereocenters. The second kappa shape index (κ2) is 8.52. The van der Waals surface area contributed by atoms with Gasteiger partial charge < -0.3 is 14.4 Å². The molecule has 0 aromatic heterocycles. The lowest BCUT2D eigenvalue weighted by atomic mass is 10.2. The van der Waals surface area contributed by atoms with E-state index in [1.54, 1.807) is 6.92 Å². The predicted octanol–water partition coefficient (Wildman–Crippen LogP) is 2.06. The Balaban J connectivity index is 2.67. The van der Waals surface area contributed by atoms with Crippen LogP contribution in [0.4, 0.5) is 5.69 Å². The number of benzene rings is 1. The van der Waals surface area contributed by atoms with Crippen LogP contribution in [0.5, 0.6) is 5.75 Å². The summed E-state index contributed by atoms with van der Waals surface area (Å²) in [6.07, 6.45) is 0. The number of carbonyl (C=O) groups excluding carboxylic acids is 1. The van der Waals surface area contributed by atoms with Gasteiger partial charge in [0.1, 0.15) is 18.4 Å². The van der Waals surface area contributed by atoms with Crippen molar-refractivity contribution in [3.63, 3.8) is 0 Å². The van der Waals surface area contributed by atoms with E-state index in [9.17, 15) is 4.79 Å². The third-order valence-corrected chi connectivity index (χ3v) is 2.86. The fraction of sp³-hybridized carbons (Fsp3) is 0.562.